The second-order valence-corrected chi connectivity index (χ2v) is 6.26. The summed E-state index contributed by atoms with van der Waals surface area (Å²) >= 11 is 1.16. The summed E-state index contributed by atoms with van der Waals surface area (Å²) in [6, 6.07) is 4.75. The van der Waals surface area contributed by atoms with Gasteiger partial charge in [0, 0.05) is 13.1 Å². The zero-order chi connectivity index (χ0) is 16.9. The van der Waals surface area contributed by atoms with Gasteiger partial charge in [0.15, 0.2) is 0 Å². The van der Waals surface area contributed by atoms with Gasteiger partial charge in [-0.2, -0.15) is 0 Å². The summed E-state index contributed by atoms with van der Waals surface area (Å²) in [5, 5.41) is 0. The van der Waals surface area contributed by atoms with Crippen molar-refractivity contribution < 1.29 is 23.5 Å². The van der Waals surface area contributed by atoms with E-state index in [1.807, 2.05) is 4.90 Å². The van der Waals surface area contributed by atoms with Gasteiger partial charge in [0.25, 0.3) is 0 Å². The minimum absolute atomic E-state index is 0.322. The SMILES string of the molecule is O=CNSC[C@@H]1CN(c2ccc(N3CCOCC3)c(F)c2)C(=O)O1. The lowest BCUT2D eigenvalue weighted by atomic mass is 10.2. The number of hydrogen-bond acceptors (Lipinski definition) is 6. The van der Waals surface area contributed by atoms with Crippen LogP contribution in [0.5, 0.6) is 0 Å². The van der Waals surface area contributed by atoms with Crippen molar-refractivity contribution in [3.05, 3.63) is 24.0 Å². The zero-order valence-electron chi connectivity index (χ0n) is 12.9. The molecule has 2 amide bonds. The molecular formula is C15H18FN3O4S. The highest BCUT2D eigenvalue weighted by molar-refractivity contribution is 7.97. The first-order chi connectivity index (χ1) is 11.7. The van der Waals surface area contributed by atoms with Crippen molar-refractivity contribution in [3.8, 4) is 0 Å². The second-order valence-electron chi connectivity index (χ2n) is 5.40. The molecule has 1 N–H and O–H groups in total. The Morgan fingerprint density at radius 2 is 2.17 bits per heavy atom. The van der Waals surface area contributed by atoms with Gasteiger partial charge in [0.05, 0.1) is 36.9 Å². The van der Waals surface area contributed by atoms with Crippen molar-refractivity contribution in [3.63, 3.8) is 0 Å². The van der Waals surface area contributed by atoms with Gasteiger partial charge in [0.2, 0.25) is 6.41 Å². The van der Waals surface area contributed by atoms with Gasteiger partial charge < -0.3 is 19.1 Å². The van der Waals surface area contributed by atoms with E-state index in [1.165, 1.54) is 11.0 Å². The quantitative estimate of drug-likeness (QED) is 0.472. The number of carbonyl (C=O) groups excluding carboxylic acids is 2. The monoisotopic (exact) mass is 355 g/mol. The van der Waals surface area contributed by atoms with Crippen molar-refractivity contribution in [2.75, 3.05) is 48.4 Å². The lowest BCUT2D eigenvalue weighted by molar-refractivity contribution is -0.107. The Morgan fingerprint density at radius 1 is 1.38 bits per heavy atom. The van der Waals surface area contributed by atoms with E-state index in [-0.39, 0.29) is 11.9 Å². The van der Waals surface area contributed by atoms with Gasteiger partial charge >= 0.3 is 6.09 Å². The van der Waals surface area contributed by atoms with E-state index < -0.39 is 6.09 Å². The van der Waals surface area contributed by atoms with E-state index >= 15 is 0 Å². The van der Waals surface area contributed by atoms with Gasteiger partial charge in [-0.3, -0.25) is 9.69 Å². The number of cyclic esters (lactones) is 1. The first kappa shape index (κ1) is 16.8. The molecule has 3 rings (SSSR count). The third kappa shape index (κ3) is 3.73. The summed E-state index contributed by atoms with van der Waals surface area (Å²) in [7, 11) is 0. The Balaban J connectivity index is 1.67. The number of carbonyl (C=O) groups is 2. The van der Waals surface area contributed by atoms with E-state index in [4.69, 9.17) is 9.47 Å². The van der Waals surface area contributed by atoms with Crippen LogP contribution in [0.1, 0.15) is 0 Å². The number of benzene rings is 1. The lowest BCUT2D eigenvalue weighted by Crippen LogP contribution is -2.36. The highest BCUT2D eigenvalue weighted by Gasteiger charge is 2.32. The summed E-state index contributed by atoms with van der Waals surface area (Å²) in [6.07, 6.45) is -0.291. The molecule has 24 heavy (non-hydrogen) atoms. The first-order valence-electron chi connectivity index (χ1n) is 7.60. The minimum Gasteiger partial charge on any atom is -0.443 e. The maximum absolute atomic E-state index is 14.4. The number of nitrogens with zero attached hydrogens (tertiary/aromatic N) is 2. The molecule has 2 saturated heterocycles. The van der Waals surface area contributed by atoms with E-state index in [0.29, 0.717) is 56.4 Å². The summed E-state index contributed by atoms with van der Waals surface area (Å²) in [5.74, 6) is 0.0673. The van der Waals surface area contributed by atoms with Crippen LogP contribution >= 0.6 is 11.9 Å². The molecule has 1 aromatic rings. The molecule has 0 saturated carbocycles. The summed E-state index contributed by atoms with van der Waals surface area (Å²) in [6.45, 7) is 2.76. The molecular weight excluding hydrogens is 337 g/mol. The summed E-state index contributed by atoms with van der Waals surface area (Å²) in [4.78, 5) is 25.5. The van der Waals surface area contributed by atoms with Gasteiger partial charge in [-0.25, -0.2) is 9.18 Å². The molecule has 0 unspecified atom stereocenters. The van der Waals surface area contributed by atoms with Crippen LogP contribution in [-0.2, 0) is 14.3 Å². The fourth-order valence-corrected chi connectivity index (χ4v) is 3.24. The predicted octanol–water partition coefficient (Wildman–Crippen LogP) is 1.38. The van der Waals surface area contributed by atoms with Crippen LogP contribution in [0.2, 0.25) is 0 Å². The summed E-state index contributed by atoms with van der Waals surface area (Å²) in [5.41, 5.74) is 0.974. The Kier molecular flexibility index (Phi) is 5.41. The highest BCUT2D eigenvalue weighted by atomic mass is 32.2. The Hall–Kier alpha value is -2.00. The third-order valence-electron chi connectivity index (χ3n) is 3.87. The molecule has 1 aromatic carbocycles. The van der Waals surface area contributed by atoms with E-state index in [2.05, 4.69) is 4.72 Å². The molecule has 2 aliphatic rings. The zero-order valence-corrected chi connectivity index (χ0v) is 13.8. The standard InChI is InChI=1S/C15H18FN3O4S/c16-13-7-11(1-2-14(13)18-3-5-22-6-4-18)19-8-12(23-15(19)21)9-24-17-10-20/h1-2,7,10,12H,3-6,8-9H2,(H,17,20)/t12-/m0/s1. The molecule has 0 bridgehead atoms. The lowest BCUT2D eigenvalue weighted by Gasteiger charge is -2.29. The van der Waals surface area contributed by atoms with Crippen LogP contribution in [0.4, 0.5) is 20.6 Å². The van der Waals surface area contributed by atoms with E-state index in [1.54, 1.807) is 12.1 Å². The normalized spacial score (nSPS) is 20.9. The number of ether oxygens (including phenoxy) is 2. The Morgan fingerprint density at radius 3 is 2.88 bits per heavy atom. The average Bonchev–Trinajstić information content (AvgIpc) is 2.96. The number of hydrogen-bond donors (Lipinski definition) is 1. The van der Waals surface area contributed by atoms with E-state index in [0.717, 1.165) is 11.9 Å². The maximum Gasteiger partial charge on any atom is 0.414 e. The summed E-state index contributed by atoms with van der Waals surface area (Å²) < 4.78 is 27.4. The third-order valence-corrected chi connectivity index (χ3v) is 4.67. The fraction of sp³-hybridized carbons (Fsp3) is 0.467. The first-order valence-corrected chi connectivity index (χ1v) is 8.59. The van der Waals surface area contributed by atoms with Crippen LogP contribution in [-0.4, -0.2) is 57.2 Å². The highest BCUT2D eigenvalue weighted by Crippen LogP contribution is 2.28. The Bertz CT molecular complexity index is 612. The van der Waals surface area contributed by atoms with Crippen molar-refractivity contribution in [2.45, 2.75) is 6.10 Å². The van der Waals surface area contributed by atoms with Crippen molar-refractivity contribution in [2.24, 2.45) is 0 Å². The molecule has 0 aromatic heterocycles. The molecule has 0 radical (unpaired) electrons. The fourth-order valence-electron chi connectivity index (χ4n) is 2.72. The van der Waals surface area contributed by atoms with Gasteiger partial charge in [0.1, 0.15) is 11.9 Å². The molecule has 0 aliphatic carbocycles. The van der Waals surface area contributed by atoms with Crippen molar-refractivity contribution >= 4 is 35.8 Å². The second kappa shape index (κ2) is 7.71. The van der Waals surface area contributed by atoms with Gasteiger partial charge in [-0.1, -0.05) is 0 Å². The maximum atomic E-state index is 14.4. The van der Waals surface area contributed by atoms with Crippen LogP contribution in [0.15, 0.2) is 18.2 Å². The predicted molar refractivity (Wildman–Crippen MR) is 88.7 cm³/mol. The Labute approximate surface area is 143 Å². The molecule has 0 spiro atoms. The van der Waals surface area contributed by atoms with Crippen LogP contribution in [0.3, 0.4) is 0 Å². The number of anilines is 2. The molecule has 1 atom stereocenters. The van der Waals surface area contributed by atoms with Gasteiger partial charge in [-0.05, 0) is 30.1 Å². The van der Waals surface area contributed by atoms with Crippen LogP contribution in [0.25, 0.3) is 0 Å². The molecule has 2 fully saturated rings. The molecule has 7 nitrogen and oxygen atoms in total. The number of halogens is 1. The number of amides is 2. The van der Waals surface area contributed by atoms with E-state index in [9.17, 15) is 14.0 Å². The molecule has 2 heterocycles. The van der Waals surface area contributed by atoms with Gasteiger partial charge in [-0.15, -0.1) is 0 Å². The average molecular weight is 355 g/mol. The molecule has 9 heteroatoms. The largest absolute Gasteiger partial charge is 0.443 e. The van der Waals surface area contributed by atoms with Crippen LogP contribution < -0.4 is 14.5 Å². The molecule has 2 aliphatic heterocycles. The van der Waals surface area contributed by atoms with Crippen molar-refractivity contribution in [1.82, 2.24) is 4.72 Å². The number of rotatable bonds is 6. The number of nitrogens with one attached hydrogen (secondary N) is 1. The van der Waals surface area contributed by atoms with Crippen LogP contribution in [0, 0.1) is 5.82 Å². The number of morpholine rings is 1. The van der Waals surface area contributed by atoms with Crippen molar-refractivity contribution in [1.29, 1.82) is 0 Å². The minimum atomic E-state index is -0.509. The smallest absolute Gasteiger partial charge is 0.414 e. The molecule has 130 valence electrons. The topological polar surface area (TPSA) is 71.1 Å².